The summed E-state index contributed by atoms with van der Waals surface area (Å²) in [6.45, 7) is 6.32. The van der Waals surface area contributed by atoms with E-state index in [-0.39, 0.29) is 12.1 Å². The summed E-state index contributed by atoms with van der Waals surface area (Å²) in [5.41, 5.74) is 0.312. The van der Waals surface area contributed by atoms with E-state index >= 15 is 0 Å². The lowest BCUT2D eigenvalue weighted by Gasteiger charge is -2.36. The number of hydrogen-bond donors (Lipinski definition) is 0. The van der Waals surface area contributed by atoms with Gasteiger partial charge in [0.05, 0.1) is 0 Å². The first-order chi connectivity index (χ1) is 12.3. The fourth-order valence-corrected chi connectivity index (χ4v) is 3.15. The Morgan fingerprint density at radius 2 is 2.00 bits per heavy atom. The van der Waals surface area contributed by atoms with Gasteiger partial charge < -0.3 is 14.1 Å². The number of piperidine rings is 1. The van der Waals surface area contributed by atoms with E-state index in [1.54, 1.807) is 17.0 Å². The van der Waals surface area contributed by atoms with Crippen molar-refractivity contribution in [3.63, 3.8) is 0 Å². The van der Waals surface area contributed by atoms with Crippen molar-refractivity contribution in [2.45, 2.75) is 58.1 Å². The molecule has 1 fully saturated rings. The third-order valence-corrected chi connectivity index (χ3v) is 4.48. The van der Waals surface area contributed by atoms with Gasteiger partial charge in [-0.15, -0.1) is 10.2 Å². The fourth-order valence-electron chi connectivity index (χ4n) is 3.02. The van der Waals surface area contributed by atoms with Crippen molar-refractivity contribution >= 4 is 17.7 Å². The molecule has 6 nitrogen and oxygen atoms in total. The highest BCUT2D eigenvalue weighted by Crippen LogP contribution is 2.25. The van der Waals surface area contributed by atoms with E-state index < -0.39 is 5.60 Å². The van der Waals surface area contributed by atoms with Crippen LogP contribution in [0.5, 0.6) is 0 Å². The highest BCUT2D eigenvalue weighted by atomic mass is 35.5. The monoisotopic (exact) mass is 377 g/mol. The SMILES string of the molecule is CC(C)(C)OC(=O)N1CCCCC1Cc1nnc(-c2ccc(Cl)cc2)o1. The second-order valence-electron chi connectivity index (χ2n) is 7.54. The van der Waals surface area contributed by atoms with E-state index in [2.05, 4.69) is 10.2 Å². The molecule has 0 bridgehead atoms. The average molecular weight is 378 g/mol. The van der Waals surface area contributed by atoms with Crippen LogP contribution < -0.4 is 0 Å². The largest absolute Gasteiger partial charge is 0.444 e. The number of nitrogens with zero attached hydrogens (tertiary/aromatic N) is 3. The molecule has 1 amide bonds. The van der Waals surface area contributed by atoms with Gasteiger partial charge in [0.15, 0.2) is 0 Å². The number of carbonyl (C=O) groups is 1. The molecule has 1 aliphatic rings. The van der Waals surface area contributed by atoms with Gasteiger partial charge >= 0.3 is 6.09 Å². The highest BCUT2D eigenvalue weighted by Gasteiger charge is 2.31. The van der Waals surface area contributed by atoms with Crippen LogP contribution in [0.2, 0.25) is 5.02 Å². The van der Waals surface area contributed by atoms with E-state index in [1.807, 2.05) is 32.9 Å². The van der Waals surface area contributed by atoms with E-state index in [9.17, 15) is 4.79 Å². The standard InChI is InChI=1S/C19H24ClN3O3/c1-19(2,3)26-18(24)23-11-5-4-6-15(23)12-16-21-22-17(25-16)13-7-9-14(20)10-8-13/h7-10,15H,4-6,11-12H2,1-3H3. The minimum Gasteiger partial charge on any atom is -0.444 e. The maximum atomic E-state index is 12.5. The summed E-state index contributed by atoms with van der Waals surface area (Å²) in [7, 11) is 0. The Balaban J connectivity index is 1.70. The molecule has 2 heterocycles. The van der Waals surface area contributed by atoms with Crippen molar-refractivity contribution < 1.29 is 13.9 Å². The van der Waals surface area contributed by atoms with Crippen LogP contribution in [0, 0.1) is 0 Å². The molecule has 140 valence electrons. The molecule has 0 aliphatic carbocycles. The van der Waals surface area contributed by atoms with Crippen molar-refractivity contribution in [3.05, 3.63) is 35.2 Å². The molecule has 0 N–H and O–H groups in total. The van der Waals surface area contributed by atoms with E-state index in [0.29, 0.717) is 29.8 Å². The number of ether oxygens (including phenoxy) is 1. The Bertz CT molecular complexity index is 752. The van der Waals surface area contributed by atoms with Gasteiger partial charge in [0.1, 0.15) is 5.60 Å². The third kappa shape index (κ3) is 4.75. The zero-order valence-electron chi connectivity index (χ0n) is 15.4. The van der Waals surface area contributed by atoms with Gasteiger partial charge in [-0.2, -0.15) is 0 Å². The molecule has 1 aromatic carbocycles. The molecule has 2 aromatic rings. The first-order valence-electron chi connectivity index (χ1n) is 8.90. The van der Waals surface area contributed by atoms with Crippen LogP contribution >= 0.6 is 11.6 Å². The Labute approximate surface area is 158 Å². The summed E-state index contributed by atoms with van der Waals surface area (Å²) in [5.74, 6) is 0.978. The van der Waals surface area contributed by atoms with Gasteiger partial charge in [0, 0.05) is 29.6 Å². The van der Waals surface area contributed by atoms with Crippen LogP contribution in [-0.4, -0.2) is 39.4 Å². The van der Waals surface area contributed by atoms with E-state index in [4.69, 9.17) is 20.8 Å². The minimum atomic E-state index is -0.509. The molecule has 3 rings (SSSR count). The van der Waals surface area contributed by atoms with Crippen LogP contribution in [0.1, 0.15) is 45.9 Å². The first kappa shape index (κ1) is 18.7. The van der Waals surface area contributed by atoms with Gasteiger partial charge in [-0.25, -0.2) is 4.79 Å². The second kappa shape index (κ2) is 7.66. The molecule has 0 saturated carbocycles. The van der Waals surface area contributed by atoms with Gasteiger partial charge in [0.25, 0.3) is 0 Å². The van der Waals surface area contributed by atoms with Crippen LogP contribution in [0.15, 0.2) is 28.7 Å². The van der Waals surface area contributed by atoms with Gasteiger partial charge in [0.2, 0.25) is 11.8 Å². The molecule has 7 heteroatoms. The molecule has 1 unspecified atom stereocenters. The second-order valence-corrected chi connectivity index (χ2v) is 7.97. The number of aromatic nitrogens is 2. The summed E-state index contributed by atoms with van der Waals surface area (Å²) in [6.07, 6.45) is 3.20. The zero-order chi connectivity index (χ0) is 18.7. The summed E-state index contributed by atoms with van der Waals surface area (Å²) < 4.78 is 11.3. The number of rotatable bonds is 3. The summed E-state index contributed by atoms with van der Waals surface area (Å²) in [5, 5.41) is 8.92. The fraction of sp³-hybridized carbons (Fsp3) is 0.526. The number of halogens is 1. The first-order valence-corrected chi connectivity index (χ1v) is 9.27. The predicted octanol–water partition coefficient (Wildman–Crippen LogP) is 4.72. The smallest absolute Gasteiger partial charge is 0.410 e. The minimum absolute atomic E-state index is 0.0112. The van der Waals surface area contributed by atoms with Crippen molar-refractivity contribution in [2.75, 3.05) is 6.54 Å². The topological polar surface area (TPSA) is 68.5 Å². The average Bonchev–Trinajstić information content (AvgIpc) is 3.03. The van der Waals surface area contributed by atoms with Crippen LogP contribution in [0.3, 0.4) is 0 Å². The van der Waals surface area contributed by atoms with Crippen LogP contribution in [0.25, 0.3) is 11.5 Å². The summed E-state index contributed by atoms with van der Waals surface area (Å²) in [6, 6.07) is 7.26. The van der Waals surface area contributed by atoms with Crippen molar-refractivity contribution in [1.82, 2.24) is 15.1 Å². The van der Waals surface area contributed by atoms with Crippen LogP contribution in [0.4, 0.5) is 4.79 Å². The number of hydrogen-bond acceptors (Lipinski definition) is 5. The highest BCUT2D eigenvalue weighted by molar-refractivity contribution is 6.30. The Hall–Kier alpha value is -2.08. The molecule has 1 aromatic heterocycles. The molecular formula is C19H24ClN3O3. The maximum Gasteiger partial charge on any atom is 0.410 e. The van der Waals surface area contributed by atoms with Gasteiger partial charge in [-0.3, -0.25) is 0 Å². The predicted molar refractivity (Wildman–Crippen MR) is 99.0 cm³/mol. The number of benzene rings is 1. The van der Waals surface area contributed by atoms with E-state index in [0.717, 1.165) is 24.8 Å². The lowest BCUT2D eigenvalue weighted by atomic mass is 10.00. The van der Waals surface area contributed by atoms with E-state index in [1.165, 1.54) is 0 Å². The van der Waals surface area contributed by atoms with Crippen LogP contribution in [-0.2, 0) is 11.2 Å². The van der Waals surface area contributed by atoms with Crippen molar-refractivity contribution in [1.29, 1.82) is 0 Å². The zero-order valence-corrected chi connectivity index (χ0v) is 16.1. The molecule has 1 atom stereocenters. The Kier molecular flexibility index (Phi) is 5.51. The summed E-state index contributed by atoms with van der Waals surface area (Å²) >= 11 is 5.91. The lowest BCUT2D eigenvalue weighted by molar-refractivity contribution is 0.00932. The lowest BCUT2D eigenvalue weighted by Crippen LogP contribution is -2.47. The normalized spacial score (nSPS) is 18.0. The molecule has 0 radical (unpaired) electrons. The number of amides is 1. The Morgan fingerprint density at radius 1 is 1.27 bits per heavy atom. The number of likely N-dealkylation sites (tertiary alicyclic amines) is 1. The van der Waals surface area contributed by atoms with Gasteiger partial charge in [-0.1, -0.05) is 11.6 Å². The maximum absolute atomic E-state index is 12.5. The van der Waals surface area contributed by atoms with Gasteiger partial charge in [-0.05, 0) is 64.3 Å². The molecule has 0 spiro atoms. The molecule has 1 aliphatic heterocycles. The molecule has 1 saturated heterocycles. The summed E-state index contributed by atoms with van der Waals surface area (Å²) in [4.78, 5) is 14.3. The third-order valence-electron chi connectivity index (χ3n) is 4.22. The molecule has 26 heavy (non-hydrogen) atoms. The molecular weight excluding hydrogens is 354 g/mol. The van der Waals surface area contributed by atoms with Crippen molar-refractivity contribution in [3.8, 4) is 11.5 Å². The van der Waals surface area contributed by atoms with Crippen molar-refractivity contribution in [2.24, 2.45) is 0 Å². The Morgan fingerprint density at radius 3 is 2.69 bits per heavy atom. The number of carbonyl (C=O) groups excluding carboxylic acids is 1. The quantitative estimate of drug-likeness (QED) is 0.773.